The summed E-state index contributed by atoms with van der Waals surface area (Å²) >= 11 is 1.29. The molecule has 0 aliphatic carbocycles. The minimum Gasteiger partial charge on any atom is -0.355 e. The standard InChI is InChI=1S/C12H17N5O2S/c1-4-5-13-9(18)7-16(3)12-15-17-10(19)6-8(2)14-11(17)20-12/h6H,4-5,7H2,1-3H3,(H,13,18). The molecule has 0 bridgehead atoms. The molecule has 0 aromatic carbocycles. The van der Waals surface area contributed by atoms with E-state index in [0.717, 1.165) is 6.42 Å². The Labute approximate surface area is 120 Å². The van der Waals surface area contributed by atoms with Crippen molar-refractivity contribution in [3.05, 3.63) is 22.1 Å². The molecule has 2 heterocycles. The van der Waals surface area contributed by atoms with E-state index in [1.165, 1.54) is 21.9 Å². The first-order valence-corrected chi connectivity index (χ1v) is 7.18. The van der Waals surface area contributed by atoms with E-state index in [1.54, 1.807) is 18.9 Å². The van der Waals surface area contributed by atoms with Gasteiger partial charge in [0.05, 0.1) is 6.54 Å². The fourth-order valence-corrected chi connectivity index (χ4v) is 2.58. The number of nitrogens with zero attached hydrogens (tertiary/aromatic N) is 4. The van der Waals surface area contributed by atoms with E-state index in [-0.39, 0.29) is 18.0 Å². The number of aryl methyl sites for hydroxylation is 1. The van der Waals surface area contributed by atoms with E-state index in [9.17, 15) is 9.59 Å². The first kappa shape index (κ1) is 14.4. The van der Waals surface area contributed by atoms with Crippen molar-refractivity contribution in [2.75, 3.05) is 25.0 Å². The Morgan fingerprint density at radius 1 is 1.55 bits per heavy atom. The fraction of sp³-hybridized carbons (Fsp3) is 0.500. The van der Waals surface area contributed by atoms with Gasteiger partial charge in [-0.1, -0.05) is 18.3 Å². The highest BCUT2D eigenvalue weighted by Crippen LogP contribution is 2.19. The van der Waals surface area contributed by atoms with E-state index in [1.807, 2.05) is 6.92 Å². The molecular weight excluding hydrogens is 278 g/mol. The minimum atomic E-state index is -0.209. The van der Waals surface area contributed by atoms with Gasteiger partial charge in [0.1, 0.15) is 0 Å². The highest BCUT2D eigenvalue weighted by Gasteiger charge is 2.13. The van der Waals surface area contributed by atoms with Crippen molar-refractivity contribution >= 4 is 27.3 Å². The number of hydrogen-bond donors (Lipinski definition) is 1. The predicted molar refractivity (Wildman–Crippen MR) is 78.4 cm³/mol. The van der Waals surface area contributed by atoms with Crippen LogP contribution in [0.25, 0.3) is 4.96 Å². The second-order valence-electron chi connectivity index (χ2n) is 4.52. The number of aromatic nitrogens is 3. The molecule has 0 aliphatic heterocycles. The van der Waals surface area contributed by atoms with Gasteiger partial charge in [-0.15, -0.1) is 5.10 Å². The van der Waals surface area contributed by atoms with Crippen molar-refractivity contribution in [1.29, 1.82) is 0 Å². The second kappa shape index (κ2) is 6.00. The molecule has 2 aromatic heterocycles. The Kier molecular flexibility index (Phi) is 4.33. The van der Waals surface area contributed by atoms with Gasteiger partial charge in [0.15, 0.2) is 0 Å². The van der Waals surface area contributed by atoms with E-state index in [2.05, 4.69) is 15.4 Å². The Hall–Kier alpha value is -1.96. The number of anilines is 1. The van der Waals surface area contributed by atoms with Crippen molar-refractivity contribution in [3.63, 3.8) is 0 Å². The first-order chi connectivity index (χ1) is 9.51. The summed E-state index contributed by atoms with van der Waals surface area (Å²) in [6, 6.07) is 1.43. The van der Waals surface area contributed by atoms with Crippen LogP contribution in [0.2, 0.25) is 0 Å². The summed E-state index contributed by atoms with van der Waals surface area (Å²) < 4.78 is 1.26. The molecule has 20 heavy (non-hydrogen) atoms. The van der Waals surface area contributed by atoms with Gasteiger partial charge in [-0.3, -0.25) is 9.59 Å². The zero-order valence-electron chi connectivity index (χ0n) is 11.7. The highest BCUT2D eigenvalue weighted by molar-refractivity contribution is 7.20. The zero-order valence-corrected chi connectivity index (χ0v) is 12.5. The van der Waals surface area contributed by atoms with Crippen molar-refractivity contribution in [3.8, 4) is 0 Å². The number of hydrogen-bond acceptors (Lipinski definition) is 6. The smallest absolute Gasteiger partial charge is 0.275 e. The lowest BCUT2D eigenvalue weighted by Crippen LogP contribution is -2.35. The normalized spacial score (nSPS) is 10.8. The summed E-state index contributed by atoms with van der Waals surface area (Å²) in [6.07, 6.45) is 0.898. The molecule has 0 aliphatic rings. The number of amides is 1. The number of fused-ring (bicyclic) bond motifs is 1. The summed E-state index contributed by atoms with van der Waals surface area (Å²) in [5.41, 5.74) is 0.451. The molecule has 0 saturated carbocycles. The molecular formula is C12H17N5O2S. The van der Waals surface area contributed by atoms with Crippen LogP contribution in [-0.2, 0) is 4.79 Å². The highest BCUT2D eigenvalue weighted by atomic mass is 32.1. The molecule has 8 heteroatoms. The van der Waals surface area contributed by atoms with E-state index >= 15 is 0 Å². The molecule has 0 unspecified atom stereocenters. The van der Waals surface area contributed by atoms with Crippen LogP contribution in [-0.4, -0.2) is 40.6 Å². The summed E-state index contributed by atoms with van der Waals surface area (Å²) in [5.74, 6) is -0.0647. The molecule has 2 rings (SSSR count). The van der Waals surface area contributed by atoms with Crippen LogP contribution in [0.4, 0.5) is 5.13 Å². The summed E-state index contributed by atoms with van der Waals surface area (Å²) in [6.45, 7) is 4.63. The van der Waals surface area contributed by atoms with Gasteiger partial charge in [-0.25, -0.2) is 4.98 Å². The van der Waals surface area contributed by atoms with Gasteiger partial charge < -0.3 is 10.2 Å². The molecule has 0 radical (unpaired) electrons. The molecule has 0 fully saturated rings. The minimum absolute atomic E-state index is 0.0647. The third-order valence-electron chi connectivity index (χ3n) is 2.64. The Bertz CT molecular complexity index is 678. The van der Waals surface area contributed by atoms with E-state index in [0.29, 0.717) is 22.3 Å². The second-order valence-corrected chi connectivity index (χ2v) is 5.46. The summed E-state index contributed by atoms with van der Waals surface area (Å²) in [4.78, 5) is 29.9. The Morgan fingerprint density at radius 3 is 3.00 bits per heavy atom. The van der Waals surface area contributed by atoms with Crippen LogP contribution in [0.1, 0.15) is 19.0 Å². The number of likely N-dealkylation sites (N-methyl/N-ethyl adjacent to an activating group) is 1. The molecule has 2 aromatic rings. The van der Waals surface area contributed by atoms with Crippen LogP contribution in [0, 0.1) is 6.92 Å². The molecule has 0 saturated heterocycles. The number of rotatable bonds is 5. The van der Waals surface area contributed by atoms with Crippen LogP contribution in [0.3, 0.4) is 0 Å². The lowest BCUT2D eigenvalue weighted by Gasteiger charge is -2.14. The third kappa shape index (κ3) is 3.13. The van der Waals surface area contributed by atoms with Crippen LogP contribution in [0.5, 0.6) is 0 Å². The van der Waals surface area contributed by atoms with Gasteiger partial charge in [0.25, 0.3) is 5.56 Å². The van der Waals surface area contributed by atoms with Gasteiger partial charge in [0, 0.05) is 25.4 Å². The number of nitrogens with one attached hydrogen (secondary N) is 1. The number of carbonyl (C=O) groups excluding carboxylic acids is 1. The SMILES string of the molecule is CCCNC(=O)CN(C)c1nn2c(=O)cc(C)nc2s1. The van der Waals surface area contributed by atoms with Crippen molar-refractivity contribution in [2.45, 2.75) is 20.3 Å². The monoisotopic (exact) mass is 295 g/mol. The lowest BCUT2D eigenvalue weighted by atomic mass is 10.4. The van der Waals surface area contributed by atoms with E-state index < -0.39 is 0 Å². The summed E-state index contributed by atoms with van der Waals surface area (Å²) in [7, 11) is 1.77. The van der Waals surface area contributed by atoms with Gasteiger partial charge in [-0.2, -0.15) is 4.52 Å². The molecule has 1 N–H and O–H groups in total. The first-order valence-electron chi connectivity index (χ1n) is 6.36. The van der Waals surface area contributed by atoms with Crippen molar-refractivity contribution < 1.29 is 4.79 Å². The summed E-state index contributed by atoms with van der Waals surface area (Å²) in [5, 5.41) is 7.58. The zero-order chi connectivity index (χ0) is 14.7. The average molecular weight is 295 g/mol. The fourth-order valence-electron chi connectivity index (χ4n) is 1.67. The molecule has 0 spiro atoms. The van der Waals surface area contributed by atoms with Crippen LogP contribution < -0.4 is 15.8 Å². The van der Waals surface area contributed by atoms with Gasteiger partial charge >= 0.3 is 0 Å². The quantitative estimate of drug-likeness (QED) is 0.865. The maximum atomic E-state index is 11.8. The van der Waals surface area contributed by atoms with Crippen molar-refractivity contribution in [2.24, 2.45) is 0 Å². The predicted octanol–water partition coefficient (Wildman–Crippen LogP) is 0.422. The van der Waals surface area contributed by atoms with Gasteiger partial charge in [-0.05, 0) is 13.3 Å². The maximum Gasteiger partial charge on any atom is 0.275 e. The molecule has 7 nitrogen and oxygen atoms in total. The van der Waals surface area contributed by atoms with Gasteiger partial charge in [0.2, 0.25) is 16.0 Å². The molecule has 108 valence electrons. The Morgan fingerprint density at radius 2 is 2.30 bits per heavy atom. The van der Waals surface area contributed by atoms with Crippen LogP contribution in [0.15, 0.2) is 10.9 Å². The largest absolute Gasteiger partial charge is 0.355 e. The van der Waals surface area contributed by atoms with Crippen molar-refractivity contribution in [1.82, 2.24) is 19.9 Å². The number of carbonyl (C=O) groups is 1. The molecule has 1 amide bonds. The van der Waals surface area contributed by atoms with Crippen LogP contribution >= 0.6 is 11.3 Å². The average Bonchev–Trinajstić information content (AvgIpc) is 2.80. The van der Waals surface area contributed by atoms with E-state index in [4.69, 9.17) is 0 Å². The molecule has 0 atom stereocenters. The topological polar surface area (TPSA) is 79.6 Å². The Balaban J connectivity index is 2.18. The lowest BCUT2D eigenvalue weighted by molar-refractivity contribution is -0.119. The maximum absolute atomic E-state index is 11.8. The third-order valence-corrected chi connectivity index (χ3v) is 3.66.